The summed E-state index contributed by atoms with van der Waals surface area (Å²) in [6.45, 7) is 3.67. The van der Waals surface area contributed by atoms with Crippen molar-refractivity contribution in [3.63, 3.8) is 0 Å². The SMILES string of the molecule is COc1cccc(C2NC(=S)N(c3ccc(F)c(C)c3)C(C)=C2c2nc(-c3ccccc3)no2)c1. The van der Waals surface area contributed by atoms with Gasteiger partial charge in [0.2, 0.25) is 5.82 Å². The van der Waals surface area contributed by atoms with Gasteiger partial charge in [0.15, 0.2) is 5.11 Å². The predicted molar refractivity (Wildman–Crippen MR) is 137 cm³/mol. The van der Waals surface area contributed by atoms with E-state index in [9.17, 15) is 4.39 Å². The molecule has 176 valence electrons. The number of nitrogens with zero attached hydrogens (tertiary/aromatic N) is 3. The molecule has 0 bridgehead atoms. The van der Waals surface area contributed by atoms with Crippen LogP contribution in [0.2, 0.25) is 0 Å². The monoisotopic (exact) mass is 486 g/mol. The zero-order chi connectivity index (χ0) is 24.5. The predicted octanol–water partition coefficient (Wildman–Crippen LogP) is 6.06. The Kier molecular flexibility index (Phi) is 6.05. The second-order valence-corrected chi connectivity index (χ2v) is 8.60. The summed E-state index contributed by atoms with van der Waals surface area (Å²) in [7, 11) is 1.63. The van der Waals surface area contributed by atoms with E-state index < -0.39 is 0 Å². The molecule has 4 aromatic rings. The number of anilines is 1. The Morgan fingerprint density at radius 2 is 1.83 bits per heavy atom. The minimum atomic E-state index is -0.362. The van der Waals surface area contributed by atoms with Crippen LogP contribution in [0.25, 0.3) is 17.0 Å². The van der Waals surface area contributed by atoms with Gasteiger partial charge < -0.3 is 14.6 Å². The molecule has 0 amide bonds. The maximum Gasteiger partial charge on any atom is 0.258 e. The van der Waals surface area contributed by atoms with Gasteiger partial charge in [0.1, 0.15) is 11.6 Å². The zero-order valence-electron chi connectivity index (χ0n) is 19.4. The molecule has 0 aliphatic carbocycles. The molecule has 35 heavy (non-hydrogen) atoms. The van der Waals surface area contributed by atoms with E-state index in [0.717, 1.165) is 33.8 Å². The van der Waals surface area contributed by atoms with Gasteiger partial charge >= 0.3 is 0 Å². The minimum Gasteiger partial charge on any atom is -0.497 e. The normalized spacial score (nSPS) is 15.8. The fourth-order valence-corrected chi connectivity index (χ4v) is 4.57. The van der Waals surface area contributed by atoms with Gasteiger partial charge in [-0.25, -0.2) is 4.39 Å². The van der Waals surface area contributed by atoms with Crippen molar-refractivity contribution in [3.8, 4) is 17.1 Å². The third-order valence-corrected chi connectivity index (χ3v) is 6.30. The third-order valence-electron chi connectivity index (χ3n) is 6.00. The first-order valence-electron chi connectivity index (χ1n) is 11.1. The average molecular weight is 487 g/mol. The van der Waals surface area contributed by atoms with E-state index in [0.29, 0.717) is 22.4 Å². The molecule has 0 fully saturated rings. The smallest absolute Gasteiger partial charge is 0.258 e. The fraction of sp³-hybridized carbons (Fsp3) is 0.148. The van der Waals surface area contributed by atoms with Crippen LogP contribution in [0.3, 0.4) is 0 Å². The van der Waals surface area contributed by atoms with E-state index in [4.69, 9.17) is 26.5 Å². The van der Waals surface area contributed by atoms with E-state index in [1.807, 2.05) is 66.4 Å². The van der Waals surface area contributed by atoms with Crippen molar-refractivity contribution in [2.45, 2.75) is 19.9 Å². The second kappa shape index (κ2) is 9.31. The number of aromatic nitrogens is 2. The zero-order valence-corrected chi connectivity index (χ0v) is 20.3. The minimum absolute atomic E-state index is 0.273. The standard InChI is InChI=1S/C27H23FN4O2S/c1-16-14-20(12-13-22(16)28)32-17(2)23(26-30-25(31-34-26)18-8-5-4-6-9-18)24(29-27(32)35)19-10-7-11-21(15-19)33-3/h4-15,24H,1-3H3,(H,29,35). The first-order chi connectivity index (χ1) is 17.0. The number of aryl methyl sites for hydroxylation is 1. The number of ether oxygens (including phenoxy) is 1. The Balaban J connectivity index is 1.67. The summed E-state index contributed by atoms with van der Waals surface area (Å²) < 4.78 is 25.2. The third kappa shape index (κ3) is 4.28. The fourth-order valence-electron chi connectivity index (χ4n) is 4.21. The van der Waals surface area contributed by atoms with Gasteiger partial charge in [-0.05, 0) is 67.5 Å². The summed E-state index contributed by atoms with van der Waals surface area (Å²) in [6, 6.07) is 21.9. The molecule has 8 heteroatoms. The molecule has 3 aromatic carbocycles. The number of allylic oxidation sites excluding steroid dienone is 1. The first kappa shape index (κ1) is 22.7. The Hall–Kier alpha value is -4.04. The Morgan fingerprint density at radius 1 is 1.03 bits per heavy atom. The first-order valence-corrected chi connectivity index (χ1v) is 11.5. The van der Waals surface area contributed by atoms with Gasteiger partial charge in [0.05, 0.1) is 18.7 Å². The maximum absolute atomic E-state index is 14.0. The molecule has 2 heterocycles. The number of rotatable bonds is 5. The van der Waals surface area contributed by atoms with E-state index >= 15 is 0 Å². The molecule has 6 nitrogen and oxygen atoms in total. The van der Waals surface area contributed by atoms with Crippen LogP contribution in [0.1, 0.15) is 30.0 Å². The maximum atomic E-state index is 14.0. The molecule has 1 N–H and O–H groups in total. The topological polar surface area (TPSA) is 63.4 Å². The molecule has 5 rings (SSSR count). The van der Waals surface area contributed by atoms with E-state index in [1.54, 1.807) is 26.2 Å². The highest BCUT2D eigenvalue weighted by Crippen LogP contribution is 2.40. The van der Waals surface area contributed by atoms with Gasteiger partial charge in [-0.3, -0.25) is 4.90 Å². The number of hydrogen-bond acceptors (Lipinski definition) is 5. The molecule has 1 aliphatic rings. The second-order valence-electron chi connectivity index (χ2n) is 8.22. The summed E-state index contributed by atoms with van der Waals surface area (Å²) in [5.41, 5.74) is 4.61. The molecule has 1 aliphatic heterocycles. The van der Waals surface area contributed by atoms with Gasteiger partial charge in [0.25, 0.3) is 5.89 Å². The Morgan fingerprint density at radius 3 is 2.57 bits per heavy atom. The lowest BCUT2D eigenvalue weighted by Gasteiger charge is -2.37. The number of methoxy groups -OCH3 is 1. The Labute approximate surface area is 208 Å². The van der Waals surface area contributed by atoms with Crippen LogP contribution in [0.4, 0.5) is 10.1 Å². The number of benzene rings is 3. The quantitative estimate of drug-likeness (QED) is 0.344. The molecule has 0 saturated carbocycles. The molecular formula is C27H23FN4O2S. The van der Waals surface area contributed by atoms with Crippen LogP contribution >= 0.6 is 12.2 Å². The molecule has 0 saturated heterocycles. The van der Waals surface area contributed by atoms with Crippen LogP contribution < -0.4 is 15.0 Å². The van der Waals surface area contributed by atoms with E-state index in [1.165, 1.54) is 6.07 Å². The van der Waals surface area contributed by atoms with E-state index in [-0.39, 0.29) is 11.9 Å². The van der Waals surface area contributed by atoms with Crippen LogP contribution in [-0.2, 0) is 0 Å². The average Bonchev–Trinajstić information content (AvgIpc) is 3.36. The van der Waals surface area contributed by atoms with Crippen LogP contribution in [0.15, 0.2) is 83.0 Å². The van der Waals surface area contributed by atoms with Crippen molar-refractivity contribution >= 4 is 28.6 Å². The van der Waals surface area contributed by atoms with Crippen LogP contribution in [0, 0.1) is 12.7 Å². The number of halogens is 1. The highest BCUT2D eigenvalue weighted by Gasteiger charge is 2.35. The van der Waals surface area contributed by atoms with Crippen LogP contribution in [0.5, 0.6) is 5.75 Å². The molecular weight excluding hydrogens is 463 g/mol. The van der Waals surface area contributed by atoms with Crippen molar-refractivity contribution < 1.29 is 13.7 Å². The molecule has 1 aromatic heterocycles. The summed E-state index contributed by atoms with van der Waals surface area (Å²) in [6.07, 6.45) is 0. The van der Waals surface area contributed by atoms with Gasteiger partial charge in [-0.2, -0.15) is 4.98 Å². The number of nitrogens with one attached hydrogen (secondary N) is 1. The Bertz CT molecular complexity index is 1430. The highest BCUT2D eigenvalue weighted by molar-refractivity contribution is 7.80. The summed E-state index contributed by atoms with van der Waals surface area (Å²) >= 11 is 5.77. The number of thiocarbonyl (C=S) groups is 1. The van der Waals surface area contributed by atoms with Crippen molar-refractivity contribution in [3.05, 3.63) is 101 Å². The molecule has 1 atom stereocenters. The van der Waals surface area contributed by atoms with Gasteiger partial charge in [-0.15, -0.1) is 0 Å². The molecule has 0 radical (unpaired) electrons. The number of hydrogen-bond donors (Lipinski definition) is 1. The molecule has 0 spiro atoms. The highest BCUT2D eigenvalue weighted by atomic mass is 32.1. The van der Waals surface area contributed by atoms with Crippen molar-refractivity contribution in [2.24, 2.45) is 0 Å². The van der Waals surface area contributed by atoms with Crippen molar-refractivity contribution in [1.29, 1.82) is 0 Å². The van der Waals surface area contributed by atoms with Gasteiger partial charge in [-0.1, -0.05) is 47.6 Å². The van der Waals surface area contributed by atoms with Crippen molar-refractivity contribution in [2.75, 3.05) is 12.0 Å². The van der Waals surface area contributed by atoms with Crippen molar-refractivity contribution in [1.82, 2.24) is 15.5 Å². The largest absolute Gasteiger partial charge is 0.497 e. The van der Waals surface area contributed by atoms with E-state index in [2.05, 4.69) is 10.5 Å². The lowest BCUT2D eigenvalue weighted by molar-refractivity contribution is 0.403. The van der Waals surface area contributed by atoms with Crippen LogP contribution in [-0.4, -0.2) is 22.4 Å². The summed E-state index contributed by atoms with van der Waals surface area (Å²) in [4.78, 5) is 6.58. The van der Waals surface area contributed by atoms with Gasteiger partial charge in [0, 0.05) is 16.9 Å². The summed E-state index contributed by atoms with van der Waals surface area (Å²) in [5.74, 6) is 1.31. The lowest BCUT2D eigenvalue weighted by atomic mass is 9.94. The summed E-state index contributed by atoms with van der Waals surface area (Å²) in [5, 5.41) is 8.12. The lowest BCUT2D eigenvalue weighted by Crippen LogP contribution is -2.46. The molecule has 1 unspecified atom stereocenters.